The molecule has 0 spiro atoms. The van der Waals surface area contributed by atoms with Crippen LogP contribution in [0.4, 0.5) is 0 Å². The molecule has 2 rings (SSSR count). The van der Waals surface area contributed by atoms with Crippen LogP contribution in [-0.2, 0) is 16.0 Å². The van der Waals surface area contributed by atoms with Crippen molar-refractivity contribution in [2.45, 2.75) is 18.6 Å². The molecule has 1 aliphatic heterocycles. The molecule has 0 aliphatic carbocycles. The highest BCUT2D eigenvalue weighted by atomic mass is 32.2. The van der Waals surface area contributed by atoms with Crippen LogP contribution in [0.15, 0.2) is 18.2 Å². The standard InChI is InChI=1S/C18H21NO4S2/c1-4-9-23-14-7-6-13(11-15(14)22-5-2)12-16-17(20)19(8-10-21-3)18(24)25-16/h1,6-7,11,16H,5,8-10,12H2,2-3H3/t16-/m0/s1. The largest absolute Gasteiger partial charge is 0.490 e. The number of thioether (sulfide) groups is 1. The van der Waals surface area contributed by atoms with E-state index in [1.54, 1.807) is 12.0 Å². The lowest BCUT2D eigenvalue weighted by Crippen LogP contribution is -2.34. The van der Waals surface area contributed by atoms with Crippen molar-refractivity contribution >= 4 is 34.2 Å². The van der Waals surface area contributed by atoms with Crippen molar-refractivity contribution in [3.8, 4) is 23.8 Å². The van der Waals surface area contributed by atoms with Gasteiger partial charge in [-0.2, -0.15) is 0 Å². The molecule has 0 unspecified atom stereocenters. The Morgan fingerprint density at radius 2 is 2.16 bits per heavy atom. The van der Waals surface area contributed by atoms with Crippen LogP contribution in [0, 0.1) is 12.3 Å². The predicted octanol–water partition coefficient (Wildman–Crippen LogP) is 2.52. The number of carbonyl (C=O) groups is 1. The molecule has 1 aromatic carbocycles. The SMILES string of the molecule is C#CCOc1ccc(C[C@@H]2SC(=S)N(CCOC)C2=O)cc1OCC. The highest BCUT2D eigenvalue weighted by molar-refractivity contribution is 8.24. The van der Waals surface area contributed by atoms with Crippen molar-refractivity contribution in [1.82, 2.24) is 4.90 Å². The fourth-order valence-corrected chi connectivity index (χ4v) is 4.00. The van der Waals surface area contributed by atoms with E-state index in [-0.39, 0.29) is 17.8 Å². The van der Waals surface area contributed by atoms with E-state index < -0.39 is 0 Å². The van der Waals surface area contributed by atoms with Crippen LogP contribution in [0.3, 0.4) is 0 Å². The molecule has 0 bridgehead atoms. The number of carbonyl (C=O) groups excluding carboxylic acids is 1. The third-order valence-corrected chi connectivity index (χ3v) is 5.15. The van der Waals surface area contributed by atoms with Crippen molar-refractivity contribution in [3.63, 3.8) is 0 Å². The van der Waals surface area contributed by atoms with Crippen LogP contribution in [0.5, 0.6) is 11.5 Å². The number of ether oxygens (including phenoxy) is 3. The summed E-state index contributed by atoms with van der Waals surface area (Å²) in [5.74, 6) is 3.69. The summed E-state index contributed by atoms with van der Waals surface area (Å²) >= 11 is 6.73. The van der Waals surface area contributed by atoms with Crippen molar-refractivity contribution in [3.05, 3.63) is 23.8 Å². The number of rotatable bonds is 9. The van der Waals surface area contributed by atoms with E-state index >= 15 is 0 Å². The van der Waals surface area contributed by atoms with Crippen molar-refractivity contribution in [1.29, 1.82) is 0 Å². The second-order valence-electron chi connectivity index (χ2n) is 5.27. The van der Waals surface area contributed by atoms with Gasteiger partial charge in [-0.15, -0.1) is 6.42 Å². The number of nitrogens with zero attached hydrogens (tertiary/aromatic N) is 1. The number of hydrogen-bond acceptors (Lipinski definition) is 6. The zero-order valence-electron chi connectivity index (χ0n) is 14.3. The number of thiocarbonyl (C=S) groups is 1. The molecule has 1 fully saturated rings. The summed E-state index contributed by atoms with van der Waals surface area (Å²) in [5.41, 5.74) is 0.985. The zero-order chi connectivity index (χ0) is 18.2. The summed E-state index contributed by atoms with van der Waals surface area (Å²) in [7, 11) is 1.60. The second kappa shape index (κ2) is 9.66. The fourth-order valence-electron chi connectivity index (χ4n) is 2.41. The lowest BCUT2D eigenvalue weighted by molar-refractivity contribution is -0.126. The number of benzene rings is 1. The maximum Gasteiger partial charge on any atom is 0.242 e. The van der Waals surface area contributed by atoms with Gasteiger partial charge in [0, 0.05) is 7.11 Å². The monoisotopic (exact) mass is 379 g/mol. The number of methoxy groups -OCH3 is 1. The third kappa shape index (κ3) is 5.11. The topological polar surface area (TPSA) is 48.0 Å². The number of amides is 1. The highest BCUT2D eigenvalue weighted by Gasteiger charge is 2.36. The summed E-state index contributed by atoms with van der Waals surface area (Å²) < 4.78 is 16.7. The van der Waals surface area contributed by atoms with E-state index in [0.29, 0.717) is 42.0 Å². The summed E-state index contributed by atoms with van der Waals surface area (Å²) in [6.45, 7) is 3.55. The molecule has 1 amide bonds. The van der Waals surface area contributed by atoms with E-state index in [4.69, 9.17) is 32.9 Å². The molecule has 0 radical (unpaired) electrons. The molecular formula is C18H21NO4S2. The molecule has 0 saturated carbocycles. The van der Waals surface area contributed by atoms with Gasteiger partial charge in [0.25, 0.3) is 0 Å². The molecule has 1 heterocycles. The van der Waals surface area contributed by atoms with E-state index in [1.807, 2.05) is 25.1 Å². The quantitative estimate of drug-likeness (QED) is 0.485. The van der Waals surface area contributed by atoms with Gasteiger partial charge in [0.05, 0.1) is 25.0 Å². The van der Waals surface area contributed by atoms with Gasteiger partial charge < -0.3 is 14.2 Å². The second-order valence-corrected chi connectivity index (χ2v) is 7.10. The minimum Gasteiger partial charge on any atom is -0.490 e. The summed E-state index contributed by atoms with van der Waals surface area (Å²) in [4.78, 5) is 14.1. The van der Waals surface area contributed by atoms with Crippen molar-refractivity contribution in [2.24, 2.45) is 0 Å². The first-order chi connectivity index (χ1) is 12.1. The van der Waals surface area contributed by atoms with Crippen molar-refractivity contribution in [2.75, 3.05) is 33.5 Å². The molecule has 0 N–H and O–H groups in total. The smallest absolute Gasteiger partial charge is 0.242 e. The van der Waals surface area contributed by atoms with E-state index in [2.05, 4.69) is 5.92 Å². The van der Waals surface area contributed by atoms with Gasteiger partial charge in [0.1, 0.15) is 10.9 Å². The van der Waals surface area contributed by atoms with Gasteiger partial charge in [0.15, 0.2) is 11.5 Å². The number of terminal acetylenes is 1. The molecular weight excluding hydrogens is 358 g/mol. The van der Waals surface area contributed by atoms with E-state index in [0.717, 1.165) is 5.56 Å². The van der Waals surface area contributed by atoms with E-state index in [9.17, 15) is 4.79 Å². The minimum atomic E-state index is -0.226. The van der Waals surface area contributed by atoms with Gasteiger partial charge in [-0.05, 0) is 31.0 Å². The van der Waals surface area contributed by atoms with Crippen LogP contribution < -0.4 is 9.47 Å². The van der Waals surface area contributed by atoms with Crippen LogP contribution in [-0.4, -0.2) is 53.9 Å². The van der Waals surface area contributed by atoms with Gasteiger partial charge in [-0.3, -0.25) is 9.69 Å². The average molecular weight is 380 g/mol. The fraction of sp³-hybridized carbons (Fsp3) is 0.444. The predicted molar refractivity (Wildman–Crippen MR) is 103 cm³/mol. The molecule has 0 aromatic heterocycles. The normalized spacial score (nSPS) is 16.8. The van der Waals surface area contributed by atoms with Gasteiger partial charge in [-0.25, -0.2) is 0 Å². The molecule has 1 aromatic rings. The third-order valence-electron chi connectivity index (χ3n) is 3.56. The van der Waals surface area contributed by atoms with Gasteiger partial charge >= 0.3 is 0 Å². The van der Waals surface area contributed by atoms with E-state index in [1.165, 1.54) is 11.8 Å². The zero-order valence-corrected chi connectivity index (χ0v) is 16.0. The first-order valence-electron chi connectivity index (χ1n) is 7.93. The Hall–Kier alpha value is -1.75. The Labute approximate surface area is 158 Å². The molecule has 134 valence electrons. The van der Waals surface area contributed by atoms with Crippen LogP contribution in [0.25, 0.3) is 0 Å². The maximum atomic E-state index is 12.5. The molecule has 1 aliphatic rings. The van der Waals surface area contributed by atoms with Crippen LogP contribution in [0.1, 0.15) is 12.5 Å². The van der Waals surface area contributed by atoms with Gasteiger partial charge in [-0.1, -0.05) is 36.0 Å². The summed E-state index contributed by atoms with van der Waals surface area (Å²) in [6, 6.07) is 5.63. The Morgan fingerprint density at radius 1 is 1.36 bits per heavy atom. The Kier molecular flexibility index (Phi) is 7.56. The number of hydrogen-bond donors (Lipinski definition) is 0. The summed E-state index contributed by atoms with van der Waals surface area (Å²) in [5, 5.41) is -0.226. The molecule has 1 atom stereocenters. The average Bonchev–Trinajstić information content (AvgIpc) is 2.86. The first kappa shape index (κ1) is 19.6. The first-order valence-corrected chi connectivity index (χ1v) is 9.22. The molecule has 7 heteroatoms. The van der Waals surface area contributed by atoms with Crippen LogP contribution >= 0.6 is 24.0 Å². The van der Waals surface area contributed by atoms with Crippen LogP contribution in [0.2, 0.25) is 0 Å². The minimum absolute atomic E-state index is 0.0256. The molecule has 25 heavy (non-hydrogen) atoms. The molecule has 5 nitrogen and oxygen atoms in total. The van der Waals surface area contributed by atoms with Crippen molar-refractivity contribution < 1.29 is 19.0 Å². The maximum absolute atomic E-state index is 12.5. The Balaban J connectivity index is 2.09. The van der Waals surface area contributed by atoms with Gasteiger partial charge in [0.2, 0.25) is 5.91 Å². The molecule has 1 saturated heterocycles. The lowest BCUT2D eigenvalue weighted by Gasteiger charge is -2.15. The highest BCUT2D eigenvalue weighted by Crippen LogP contribution is 2.33. The lowest BCUT2D eigenvalue weighted by atomic mass is 10.1. The Morgan fingerprint density at radius 3 is 2.84 bits per heavy atom. The Bertz CT molecular complexity index is 672. The summed E-state index contributed by atoms with van der Waals surface area (Å²) in [6.07, 6.45) is 5.81.